The Morgan fingerprint density at radius 3 is 2.81 bits per heavy atom. The summed E-state index contributed by atoms with van der Waals surface area (Å²) in [5.41, 5.74) is 1.41. The maximum absolute atomic E-state index is 11.5. The number of hydrogen-bond donors (Lipinski definition) is 1. The Kier molecular flexibility index (Phi) is 5.20. The van der Waals surface area contributed by atoms with E-state index in [-0.39, 0.29) is 12.1 Å². The van der Waals surface area contributed by atoms with Crippen molar-refractivity contribution in [1.82, 2.24) is 4.90 Å². The fraction of sp³-hybridized carbons (Fsp3) is 0.333. The molecule has 112 valence electrons. The molecule has 6 heteroatoms. The van der Waals surface area contributed by atoms with Gasteiger partial charge >= 0.3 is 12.1 Å². The second-order valence-electron chi connectivity index (χ2n) is 4.37. The third-order valence-corrected chi connectivity index (χ3v) is 2.90. The van der Waals surface area contributed by atoms with E-state index in [1.807, 2.05) is 18.2 Å². The summed E-state index contributed by atoms with van der Waals surface area (Å²) in [6.07, 6.45) is 3.23. The molecule has 0 atom stereocenters. The summed E-state index contributed by atoms with van der Waals surface area (Å²) >= 11 is 0. The summed E-state index contributed by atoms with van der Waals surface area (Å²) in [6.45, 7) is 3.73. The molecule has 1 fully saturated rings. The van der Waals surface area contributed by atoms with Gasteiger partial charge in [0.05, 0.1) is 18.7 Å². The average Bonchev–Trinajstić information content (AvgIpc) is 2.90. The summed E-state index contributed by atoms with van der Waals surface area (Å²) in [7, 11) is 0. The minimum Gasteiger partial charge on any atom is -0.462 e. The number of anilines is 1. The van der Waals surface area contributed by atoms with Crippen molar-refractivity contribution in [3.05, 3.63) is 42.1 Å². The second-order valence-corrected chi connectivity index (χ2v) is 4.37. The van der Waals surface area contributed by atoms with Crippen LogP contribution in [-0.4, -0.2) is 43.3 Å². The molecule has 1 amide bonds. The van der Waals surface area contributed by atoms with Crippen molar-refractivity contribution in [2.24, 2.45) is 0 Å². The number of nitrogens with one attached hydrogen (secondary N) is 1. The zero-order valence-corrected chi connectivity index (χ0v) is 11.9. The van der Waals surface area contributed by atoms with Crippen LogP contribution in [0, 0.1) is 0 Å². The molecule has 0 saturated carbocycles. The standard InChI is InChI=1S/C15H18N2O4/c1-2-20-14(18)12-4-6-13(7-5-12)16-8-3-9-17-10-11-21-15(17)19/h3-7,9,16H,2,8,10-11H2,1H3/b9-3+. The quantitative estimate of drug-likeness (QED) is 0.814. The highest BCUT2D eigenvalue weighted by Crippen LogP contribution is 2.10. The first-order valence-electron chi connectivity index (χ1n) is 6.82. The van der Waals surface area contributed by atoms with Gasteiger partial charge in [-0.05, 0) is 37.3 Å². The molecule has 0 bridgehead atoms. The van der Waals surface area contributed by atoms with Gasteiger partial charge in [-0.15, -0.1) is 0 Å². The Labute approximate surface area is 123 Å². The van der Waals surface area contributed by atoms with Crippen LogP contribution in [0.5, 0.6) is 0 Å². The van der Waals surface area contributed by atoms with Crippen LogP contribution >= 0.6 is 0 Å². The van der Waals surface area contributed by atoms with Crippen molar-refractivity contribution >= 4 is 17.7 Å². The second kappa shape index (κ2) is 7.33. The van der Waals surface area contributed by atoms with E-state index in [9.17, 15) is 9.59 Å². The monoisotopic (exact) mass is 290 g/mol. The molecule has 1 aromatic rings. The first kappa shape index (κ1) is 14.9. The van der Waals surface area contributed by atoms with Crippen LogP contribution in [0.1, 0.15) is 17.3 Å². The number of rotatable bonds is 6. The predicted octanol–water partition coefficient (Wildman–Crippen LogP) is 2.24. The van der Waals surface area contributed by atoms with Crippen LogP contribution in [0.4, 0.5) is 10.5 Å². The lowest BCUT2D eigenvalue weighted by Crippen LogP contribution is -2.17. The third-order valence-electron chi connectivity index (χ3n) is 2.90. The van der Waals surface area contributed by atoms with E-state index in [1.165, 1.54) is 4.90 Å². The lowest BCUT2D eigenvalue weighted by Gasteiger charge is -2.07. The van der Waals surface area contributed by atoms with E-state index in [2.05, 4.69) is 5.32 Å². The molecule has 0 aliphatic carbocycles. The number of esters is 1. The summed E-state index contributed by atoms with van der Waals surface area (Å²) in [6, 6.07) is 7.04. The van der Waals surface area contributed by atoms with E-state index in [4.69, 9.17) is 9.47 Å². The number of benzene rings is 1. The molecule has 6 nitrogen and oxygen atoms in total. The summed E-state index contributed by atoms with van der Waals surface area (Å²) in [4.78, 5) is 24.2. The van der Waals surface area contributed by atoms with Crippen LogP contribution in [0.3, 0.4) is 0 Å². The Morgan fingerprint density at radius 2 is 2.19 bits per heavy atom. The highest BCUT2D eigenvalue weighted by Gasteiger charge is 2.18. The van der Waals surface area contributed by atoms with Gasteiger partial charge in [-0.1, -0.05) is 0 Å². The van der Waals surface area contributed by atoms with Crippen LogP contribution in [-0.2, 0) is 9.47 Å². The summed E-state index contributed by atoms with van der Waals surface area (Å²) < 4.78 is 9.72. The van der Waals surface area contributed by atoms with E-state index >= 15 is 0 Å². The number of carbonyl (C=O) groups is 2. The number of cyclic esters (lactones) is 1. The van der Waals surface area contributed by atoms with Crippen LogP contribution in [0.15, 0.2) is 36.5 Å². The molecule has 0 unspecified atom stereocenters. The third kappa shape index (κ3) is 4.24. The first-order chi connectivity index (χ1) is 10.2. The number of nitrogens with zero attached hydrogens (tertiary/aromatic N) is 1. The van der Waals surface area contributed by atoms with Gasteiger partial charge in [0.2, 0.25) is 0 Å². The van der Waals surface area contributed by atoms with Crippen molar-refractivity contribution < 1.29 is 19.1 Å². The summed E-state index contributed by atoms with van der Waals surface area (Å²) in [5, 5.41) is 3.16. The van der Waals surface area contributed by atoms with Gasteiger partial charge in [0.15, 0.2) is 0 Å². The number of hydrogen-bond acceptors (Lipinski definition) is 5. The van der Waals surface area contributed by atoms with Crippen LogP contribution in [0.25, 0.3) is 0 Å². The smallest absolute Gasteiger partial charge is 0.413 e. The Morgan fingerprint density at radius 1 is 1.43 bits per heavy atom. The van der Waals surface area contributed by atoms with Crippen LogP contribution in [0.2, 0.25) is 0 Å². The molecule has 2 rings (SSSR count). The molecular formula is C15H18N2O4. The SMILES string of the molecule is CCOC(=O)c1ccc(NC/C=C/N2CCOC2=O)cc1. The molecule has 1 aliphatic rings. The highest BCUT2D eigenvalue weighted by atomic mass is 16.6. The van der Waals surface area contributed by atoms with Gasteiger partial charge in [0.1, 0.15) is 6.61 Å². The zero-order valence-electron chi connectivity index (χ0n) is 11.9. The number of ether oxygens (including phenoxy) is 2. The zero-order chi connectivity index (χ0) is 15.1. The molecule has 0 aromatic heterocycles. The van der Waals surface area contributed by atoms with Gasteiger partial charge in [0.25, 0.3) is 0 Å². The molecule has 0 radical (unpaired) electrons. The molecule has 21 heavy (non-hydrogen) atoms. The van der Waals surface area contributed by atoms with Crippen molar-refractivity contribution in [2.45, 2.75) is 6.92 Å². The highest BCUT2D eigenvalue weighted by molar-refractivity contribution is 5.89. The molecule has 0 spiro atoms. The maximum Gasteiger partial charge on any atom is 0.413 e. The molecule has 1 aromatic carbocycles. The van der Waals surface area contributed by atoms with Crippen molar-refractivity contribution in [3.8, 4) is 0 Å². The largest absolute Gasteiger partial charge is 0.462 e. The van der Waals surface area contributed by atoms with E-state index in [0.717, 1.165) is 5.69 Å². The lowest BCUT2D eigenvalue weighted by molar-refractivity contribution is 0.0526. The minimum atomic E-state index is -0.323. The van der Waals surface area contributed by atoms with Gasteiger partial charge in [0, 0.05) is 18.4 Å². The van der Waals surface area contributed by atoms with E-state index < -0.39 is 0 Å². The van der Waals surface area contributed by atoms with Crippen molar-refractivity contribution in [2.75, 3.05) is 31.6 Å². The Bertz CT molecular complexity index is 525. The van der Waals surface area contributed by atoms with Gasteiger partial charge in [-0.2, -0.15) is 0 Å². The topological polar surface area (TPSA) is 67.9 Å². The Hall–Kier alpha value is -2.50. The normalized spacial score (nSPS) is 14.3. The molecule has 1 aliphatic heterocycles. The van der Waals surface area contributed by atoms with E-state index in [0.29, 0.717) is 31.9 Å². The van der Waals surface area contributed by atoms with Crippen LogP contribution < -0.4 is 5.32 Å². The fourth-order valence-electron chi connectivity index (χ4n) is 1.84. The van der Waals surface area contributed by atoms with E-state index in [1.54, 1.807) is 25.3 Å². The number of amides is 1. The maximum atomic E-state index is 11.5. The predicted molar refractivity (Wildman–Crippen MR) is 78.1 cm³/mol. The molecule has 1 heterocycles. The summed E-state index contributed by atoms with van der Waals surface area (Å²) in [5.74, 6) is -0.323. The molecule has 1 saturated heterocycles. The van der Waals surface area contributed by atoms with Crippen molar-refractivity contribution in [1.29, 1.82) is 0 Å². The van der Waals surface area contributed by atoms with Gasteiger partial charge < -0.3 is 14.8 Å². The minimum absolute atomic E-state index is 0.315. The van der Waals surface area contributed by atoms with Gasteiger partial charge in [-0.3, -0.25) is 4.90 Å². The average molecular weight is 290 g/mol. The lowest BCUT2D eigenvalue weighted by atomic mass is 10.2. The molecular weight excluding hydrogens is 272 g/mol. The van der Waals surface area contributed by atoms with Gasteiger partial charge in [-0.25, -0.2) is 9.59 Å². The molecule has 1 N–H and O–H groups in total. The fourth-order valence-corrected chi connectivity index (χ4v) is 1.84. The van der Waals surface area contributed by atoms with Crippen molar-refractivity contribution in [3.63, 3.8) is 0 Å². The first-order valence-corrected chi connectivity index (χ1v) is 6.82. The number of carbonyl (C=O) groups excluding carboxylic acids is 2. The Balaban J connectivity index is 1.79.